The maximum absolute atomic E-state index is 4.08. The van der Waals surface area contributed by atoms with Gasteiger partial charge in [0.2, 0.25) is 0 Å². The van der Waals surface area contributed by atoms with E-state index in [4.69, 9.17) is 0 Å². The van der Waals surface area contributed by atoms with Crippen molar-refractivity contribution < 1.29 is 0 Å². The Bertz CT molecular complexity index is 674. The number of hydrogen-bond acceptors (Lipinski definition) is 0. The van der Waals surface area contributed by atoms with Gasteiger partial charge in [0.1, 0.15) is 23.2 Å². The summed E-state index contributed by atoms with van der Waals surface area (Å²) in [5.74, 6) is 0. The van der Waals surface area contributed by atoms with E-state index < -0.39 is 7.26 Å². The Kier molecular flexibility index (Phi) is 5.59. The van der Waals surface area contributed by atoms with Gasteiger partial charge in [0.25, 0.3) is 0 Å². The molecule has 0 aliphatic heterocycles. The Labute approximate surface area is 161 Å². The molecule has 3 aromatic rings. The average Bonchev–Trinajstić information content (AvgIpc) is 2.65. The van der Waals surface area contributed by atoms with Gasteiger partial charge in [-0.05, 0) is 68.3 Å². The minimum absolute atomic E-state index is 0.197. The van der Waals surface area contributed by atoms with Gasteiger partial charge in [-0.25, -0.2) is 0 Å². The van der Waals surface area contributed by atoms with Crippen molar-refractivity contribution in [1.29, 1.82) is 0 Å². The molecule has 0 unspecified atom stereocenters. The van der Waals surface area contributed by atoms with Crippen LogP contribution < -0.4 is 15.9 Å². The van der Waals surface area contributed by atoms with E-state index >= 15 is 0 Å². The molecule has 0 radical (unpaired) electrons. The third-order valence-corrected chi connectivity index (χ3v) is 13.2. The lowest BCUT2D eigenvalue weighted by Crippen LogP contribution is -2.40. The van der Waals surface area contributed by atoms with Gasteiger partial charge < -0.3 is 0 Å². The maximum Gasteiger partial charge on any atom is 0.200 e. The van der Waals surface area contributed by atoms with Gasteiger partial charge in [0.15, 0.2) is 2.97 Å². The predicted molar refractivity (Wildman–Crippen MR) is 116 cm³/mol. The van der Waals surface area contributed by atoms with E-state index in [0.717, 1.165) is 6.42 Å². The first-order chi connectivity index (χ1) is 11.6. The van der Waals surface area contributed by atoms with Crippen LogP contribution in [0, 0.1) is 0 Å². The van der Waals surface area contributed by atoms with Crippen molar-refractivity contribution in [3.8, 4) is 0 Å². The molecular formula is C21H20Br2P+. The molecule has 0 atom stereocenters. The van der Waals surface area contributed by atoms with Crippen LogP contribution in [0.15, 0.2) is 91.0 Å². The van der Waals surface area contributed by atoms with Crippen LogP contribution in [0.3, 0.4) is 0 Å². The summed E-state index contributed by atoms with van der Waals surface area (Å²) < 4.78 is -0.197. The first-order valence-corrected chi connectivity index (χ1v) is 11.4. The lowest BCUT2D eigenvalue weighted by Gasteiger charge is -2.37. The monoisotopic (exact) mass is 461 g/mol. The molecule has 0 saturated heterocycles. The molecule has 0 saturated carbocycles. The van der Waals surface area contributed by atoms with Crippen LogP contribution in [0.2, 0.25) is 0 Å². The lowest BCUT2D eigenvalue weighted by atomic mass is 10.4. The molecule has 0 fully saturated rings. The Morgan fingerprint density at radius 1 is 0.625 bits per heavy atom. The van der Waals surface area contributed by atoms with Crippen molar-refractivity contribution in [2.45, 2.75) is 16.3 Å². The molecular weight excluding hydrogens is 443 g/mol. The van der Waals surface area contributed by atoms with Crippen molar-refractivity contribution in [2.24, 2.45) is 0 Å². The summed E-state index contributed by atoms with van der Waals surface area (Å²) in [4.78, 5) is 0. The van der Waals surface area contributed by atoms with Gasteiger partial charge in [0.05, 0.1) is 0 Å². The average molecular weight is 463 g/mol. The van der Waals surface area contributed by atoms with E-state index in [-0.39, 0.29) is 2.97 Å². The van der Waals surface area contributed by atoms with E-state index in [1.54, 1.807) is 0 Å². The molecule has 3 heteroatoms. The van der Waals surface area contributed by atoms with Crippen molar-refractivity contribution >= 4 is 55.0 Å². The van der Waals surface area contributed by atoms with Crippen LogP contribution >= 0.6 is 39.1 Å². The topological polar surface area (TPSA) is 0 Å². The van der Waals surface area contributed by atoms with E-state index in [1.165, 1.54) is 15.9 Å². The van der Waals surface area contributed by atoms with E-state index in [2.05, 4.69) is 130 Å². The first kappa shape index (κ1) is 17.9. The minimum atomic E-state index is -1.92. The largest absolute Gasteiger partial charge is 0.200 e. The zero-order valence-electron chi connectivity index (χ0n) is 13.6. The van der Waals surface area contributed by atoms with Crippen LogP contribution in [-0.2, 0) is 0 Å². The van der Waals surface area contributed by atoms with E-state index in [9.17, 15) is 0 Å². The van der Waals surface area contributed by atoms with Gasteiger partial charge in [-0.3, -0.25) is 0 Å². The van der Waals surface area contributed by atoms with Crippen LogP contribution in [-0.4, -0.2) is 2.97 Å². The number of benzene rings is 3. The molecule has 0 spiro atoms. The lowest BCUT2D eigenvalue weighted by molar-refractivity contribution is 1.02. The van der Waals surface area contributed by atoms with Crippen molar-refractivity contribution in [2.75, 3.05) is 0 Å². The summed E-state index contributed by atoms with van der Waals surface area (Å²) in [6.45, 7) is 2.23. The van der Waals surface area contributed by atoms with Crippen LogP contribution in [0.4, 0.5) is 0 Å². The molecule has 3 rings (SSSR count). The third kappa shape index (κ3) is 3.01. The molecule has 0 aliphatic carbocycles. The fourth-order valence-electron chi connectivity index (χ4n) is 3.21. The van der Waals surface area contributed by atoms with Gasteiger partial charge in [-0.15, -0.1) is 0 Å². The Balaban J connectivity index is 2.42. The molecule has 0 bridgehead atoms. The van der Waals surface area contributed by atoms with Gasteiger partial charge >= 0.3 is 0 Å². The Morgan fingerprint density at radius 2 is 0.917 bits per heavy atom. The third-order valence-electron chi connectivity index (χ3n) is 4.35. The SMILES string of the molecule is CCC(Br)(Br)[P+](c1ccccc1)(c1ccccc1)c1ccccc1. The molecule has 0 amide bonds. The standard InChI is InChI=1S/C21H20Br2P/c1-2-21(22,23)24(18-12-6-3-7-13-18,19-14-8-4-9-15-19)20-16-10-5-11-17-20/h3-17H,2H2,1H3/q+1. The predicted octanol–water partition coefficient (Wildman–Crippen LogP) is 5.83. The second-order valence-corrected chi connectivity index (χ2v) is 14.3. The molecule has 0 heterocycles. The quantitative estimate of drug-likeness (QED) is 0.330. The zero-order chi connectivity index (χ0) is 17.0. The molecule has 0 N–H and O–H groups in total. The molecule has 0 nitrogen and oxygen atoms in total. The number of hydrogen-bond donors (Lipinski definition) is 0. The molecule has 24 heavy (non-hydrogen) atoms. The minimum Gasteiger partial charge on any atom is -0.0620 e. The highest BCUT2D eigenvalue weighted by Gasteiger charge is 2.59. The summed E-state index contributed by atoms with van der Waals surface area (Å²) in [6.07, 6.45) is 0.972. The van der Waals surface area contributed by atoms with E-state index in [1.807, 2.05) is 0 Å². The summed E-state index contributed by atoms with van der Waals surface area (Å²) >= 11 is 8.16. The molecule has 0 aromatic heterocycles. The summed E-state index contributed by atoms with van der Waals surface area (Å²) in [6, 6.07) is 32.7. The summed E-state index contributed by atoms with van der Waals surface area (Å²) in [5, 5.41) is 4.12. The second kappa shape index (κ2) is 7.52. The summed E-state index contributed by atoms with van der Waals surface area (Å²) in [7, 11) is -1.92. The maximum atomic E-state index is 4.08. The Hall–Kier alpha value is -0.950. The normalized spacial score (nSPS) is 12.1. The second-order valence-electron chi connectivity index (χ2n) is 5.70. The highest BCUT2D eigenvalue weighted by molar-refractivity contribution is 9.27. The fraction of sp³-hybridized carbons (Fsp3) is 0.143. The van der Waals surface area contributed by atoms with Crippen molar-refractivity contribution in [3.05, 3.63) is 91.0 Å². The van der Waals surface area contributed by atoms with Gasteiger partial charge in [-0.1, -0.05) is 61.5 Å². The number of alkyl halides is 2. The van der Waals surface area contributed by atoms with Crippen LogP contribution in [0.1, 0.15) is 13.3 Å². The van der Waals surface area contributed by atoms with Gasteiger partial charge in [0, 0.05) is 6.42 Å². The smallest absolute Gasteiger partial charge is 0.0620 e. The highest BCUT2D eigenvalue weighted by Crippen LogP contribution is 2.72. The van der Waals surface area contributed by atoms with Gasteiger partial charge in [-0.2, -0.15) is 0 Å². The highest BCUT2D eigenvalue weighted by atomic mass is 79.9. The Morgan fingerprint density at radius 3 is 1.17 bits per heavy atom. The first-order valence-electron chi connectivity index (χ1n) is 8.07. The van der Waals surface area contributed by atoms with Crippen molar-refractivity contribution in [1.82, 2.24) is 0 Å². The number of rotatable bonds is 5. The van der Waals surface area contributed by atoms with Crippen LogP contribution in [0.5, 0.6) is 0 Å². The molecule has 122 valence electrons. The zero-order valence-corrected chi connectivity index (χ0v) is 17.6. The van der Waals surface area contributed by atoms with Crippen molar-refractivity contribution in [3.63, 3.8) is 0 Å². The van der Waals surface area contributed by atoms with Crippen LogP contribution in [0.25, 0.3) is 0 Å². The number of halogens is 2. The summed E-state index contributed by atoms with van der Waals surface area (Å²) in [5.41, 5.74) is 0. The molecule has 3 aromatic carbocycles. The molecule has 0 aliphatic rings. The van der Waals surface area contributed by atoms with E-state index in [0.29, 0.717) is 0 Å². The fourth-order valence-corrected chi connectivity index (χ4v) is 11.3.